The first-order valence-corrected chi connectivity index (χ1v) is 9.70. The molecule has 1 unspecified atom stereocenters. The van der Waals surface area contributed by atoms with Gasteiger partial charge in [-0.3, -0.25) is 4.68 Å². The van der Waals surface area contributed by atoms with Gasteiger partial charge in [0.1, 0.15) is 9.84 Å². The molecule has 1 atom stereocenters. The molecule has 0 bridgehead atoms. The highest BCUT2D eigenvalue weighted by molar-refractivity contribution is 7.91. The summed E-state index contributed by atoms with van der Waals surface area (Å²) in [6.07, 6.45) is 3.23. The Morgan fingerprint density at radius 3 is 2.38 bits per heavy atom. The first kappa shape index (κ1) is 18.2. The Bertz CT molecular complexity index is 548. The number of hydrogen-bond acceptors (Lipinski definition) is 4. The number of nitrogens with zero attached hydrogens (tertiary/aromatic N) is 2. The van der Waals surface area contributed by atoms with Crippen molar-refractivity contribution in [3.8, 4) is 0 Å². The Morgan fingerprint density at radius 1 is 1.24 bits per heavy atom. The maximum Gasteiger partial charge on any atom is 0.150 e. The summed E-state index contributed by atoms with van der Waals surface area (Å²) < 4.78 is 25.1. The summed E-state index contributed by atoms with van der Waals surface area (Å²) in [4.78, 5) is 0. The van der Waals surface area contributed by atoms with Crippen LogP contribution >= 0.6 is 0 Å². The lowest BCUT2D eigenvalue weighted by Crippen LogP contribution is -2.19. The van der Waals surface area contributed by atoms with Gasteiger partial charge in [0.15, 0.2) is 0 Å². The zero-order valence-electron chi connectivity index (χ0n) is 13.7. The van der Waals surface area contributed by atoms with Crippen LogP contribution in [-0.4, -0.2) is 35.7 Å². The molecule has 2 N–H and O–H groups in total. The second-order valence-electron chi connectivity index (χ2n) is 5.57. The van der Waals surface area contributed by atoms with E-state index in [9.17, 15) is 8.42 Å². The molecule has 1 aromatic heterocycles. The predicted molar refractivity (Wildman–Crippen MR) is 87.3 cm³/mol. The van der Waals surface area contributed by atoms with Crippen LogP contribution in [0.3, 0.4) is 0 Å². The standard InChI is InChI=1S/C15H29N3O2S/c1-5-14-13(11-12(4)16)15(6-2)18(17-14)9-8-10-21(19,20)7-3/h12H,5-11,16H2,1-4H3. The van der Waals surface area contributed by atoms with Gasteiger partial charge in [0.2, 0.25) is 0 Å². The summed E-state index contributed by atoms with van der Waals surface area (Å²) in [6, 6.07) is 0.110. The van der Waals surface area contributed by atoms with Crippen molar-refractivity contribution in [2.45, 2.75) is 66.0 Å². The highest BCUT2D eigenvalue weighted by Crippen LogP contribution is 2.18. The molecule has 0 saturated carbocycles. The van der Waals surface area contributed by atoms with Crippen molar-refractivity contribution in [2.24, 2.45) is 5.73 Å². The summed E-state index contributed by atoms with van der Waals surface area (Å²) in [5, 5.41) is 4.66. The average Bonchev–Trinajstić information content (AvgIpc) is 2.75. The average molecular weight is 315 g/mol. The number of sulfone groups is 1. The largest absolute Gasteiger partial charge is 0.328 e. The molecule has 0 fully saturated rings. The fourth-order valence-corrected chi connectivity index (χ4v) is 3.45. The van der Waals surface area contributed by atoms with Crippen LogP contribution in [0.5, 0.6) is 0 Å². The van der Waals surface area contributed by atoms with Crippen LogP contribution in [-0.2, 0) is 35.6 Å². The topological polar surface area (TPSA) is 78.0 Å². The Morgan fingerprint density at radius 2 is 1.90 bits per heavy atom. The smallest absolute Gasteiger partial charge is 0.150 e. The summed E-state index contributed by atoms with van der Waals surface area (Å²) in [7, 11) is -2.90. The molecule has 5 nitrogen and oxygen atoms in total. The summed E-state index contributed by atoms with van der Waals surface area (Å²) in [5.41, 5.74) is 9.50. The number of aromatic nitrogens is 2. The molecular formula is C15H29N3O2S. The van der Waals surface area contributed by atoms with E-state index in [0.717, 1.165) is 25.0 Å². The van der Waals surface area contributed by atoms with Crippen LogP contribution in [0, 0.1) is 0 Å². The fourth-order valence-electron chi connectivity index (χ4n) is 2.59. The van der Waals surface area contributed by atoms with E-state index in [-0.39, 0.29) is 17.5 Å². The monoisotopic (exact) mass is 315 g/mol. The van der Waals surface area contributed by atoms with Crippen molar-refractivity contribution < 1.29 is 8.42 Å². The van der Waals surface area contributed by atoms with Crippen molar-refractivity contribution in [3.63, 3.8) is 0 Å². The third-order valence-corrected chi connectivity index (χ3v) is 5.50. The van der Waals surface area contributed by atoms with Gasteiger partial charge in [0.25, 0.3) is 0 Å². The Balaban J connectivity index is 2.89. The van der Waals surface area contributed by atoms with Gasteiger partial charge in [0.05, 0.1) is 11.4 Å². The van der Waals surface area contributed by atoms with Crippen LogP contribution in [0.25, 0.3) is 0 Å². The molecule has 1 aromatic rings. The van der Waals surface area contributed by atoms with Crippen molar-refractivity contribution in [2.75, 3.05) is 11.5 Å². The van der Waals surface area contributed by atoms with E-state index in [4.69, 9.17) is 5.73 Å². The summed E-state index contributed by atoms with van der Waals surface area (Å²) in [6.45, 7) is 8.56. The van der Waals surface area contributed by atoms with E-state index in [2.05, 4.69) is 18.9 Å². The SMILES string of the molecule is CCc1nn(CCCS(=O)(=O)CC)c(CC)c1CC(C)N. The number of nitrogens with two attached hydrogens (primary N) is 1. The minimum atomic E-state index is -2.90. The van der Waals surface area contributed by atoms with Gasteiger partial charge in [-0.25, -0.2) is 8.42 Å². The highest BCUT2D eigenvalue weighted by Gasteiger charge is 2.17. The first-order chi connectivity index (χ1) is 9.84. The lowest BCUT2D eigenvalue weighted by atomic mass is 10.0. The third kappa shape index (κ3) is 5.11. The molecule has 0 saturated heterocycles. The number of aryl methyl sites for hydroxylation is 2. The molecule has 0 amide bonds. The molecule has 1 rings (SSSR count). The molecule has 0 aliphatic rings. The van der Waals surface area contributed by atoms with E-state index >= 15 is 0 Å². The van der Waals surface area contributed by atoms with Gasteiger partial charge >= 0.3 is 0 Å². The van der Waals surface area contributed by atoms with E-state index in [0.29, 0.717) is 13.0 Å². The number of rotatable bonds is 9. The molecule has 1 heterocycles. The molecule has 21 heavy (non-hydrogen) atoms. The van der Waals surface area contributed by atoms with Gasteiger partial charge in [-0.05, 0) is 38.2 Å². The lowest BCUT2D eigenvalue weighted by Gasteiger charge is -2.09. The molecule has 122 valence electrons. The van der Waals surface area contributed by atoms with Gasteiger partial charge in [0, 0.05) is 24.0 Å². The maximum absolute atomic E-state index is 11.6. The van der Waals surface area contributed by atoms with E-state index in [1.807, 2.05) is 11.6 Å². The van der Waals surface area contributed by atoms with Crippen molar-refractivity contribution in [1.29, 1.82) is 0 Å². The van der Waals surface area contributed by atoms with Crippen molar-refractivity contribution in [3.05, 3.63) is 17.0 Å². The van der Waals surface area contributed by atoms with Crippen molar-refractivity contribution in [1.82, 2.24) is 9.78 Å². The predicted octanol–water partition coefficient (Wildman–Crippen LogP) is 1.72. The second-order valence-corrected chi connectivity index (χ2v) is 8.05. The summed E-state index contributed by atoms with van der Waals surface area (Å²) >= 11 is 0. The Kier molecular flexibility index (Phi) is 6.87. The fraction of sp³-hybridized carbons (Fsp3) is 0.800. The molecule has 0 spiro atoms. The van der Waals surface area contributed by atoms with Crippen LogP contribution in [0.1, 0.15) is 51.1 Å². The Labute approximate surface area is 128 Å². The van der Waals surface area contributed by atoms with E-state index < -0.39 is 9.84 Å². The zero-order chi connectivity index (χ0) is 16.0. The van der Waals surface area contributed by atoms with Gasteiger partial charge < -0.3 is 5.73 Å². The normalized spacial score (nSPS) is 13.6. The molecule has 0 radical (unpaired) electrons. The van der Waals surface area contributed by atoms with Crippen LogP contribution in [0.4, 0.5) is 0 Å². The maximum atomic E-state index is 11.6. The molecule has 6 heteroatoms. The van der Waals surface area contributed by atoms with Crippen molar-refractivity contribution >= 4 is 9.84 Å². The molecule has 0 aliphatic carbocycles. The second kappa shape index (κ2) is 7.94. The first-order valence-electron chi connectivity index (χ1n) is 7.88. The third-order valence-electron chi connectivity index (χ3n) is 3.71. The van der Waals surface area contributed by atoms with Crippen LogP contribution < -0.4 is 5.73 Å². The van der Waals surface area contributed by atoms with E-state index in [1.54, 1.807) is 6.92 Å². The quantitative estimate of drug-likeness (QED) is 0.752. The van der Waals surface area contributed by atoms with Gasteiger partial charge in [-0.1, -0.05) is 20.8 Å². The lowest BCUT2D eigenvalue weighted by molar-refractivity contribution is 0.556. The minimum Gasteiger partial charge on any atom is -0.328 e. The molecule has 0 aliphatic heterocycles. The molecule has 0 aromatic carbocycles. The Hall–Kier alpha value is -0.880. The van der Waals surface area contributed by atoms with E-state index in [1.165, 1.54) is 11.3 Å². The minimum absolute atomic E-state index is 0.110. The highest BCUT2D eigenvalue weighted by atomic mass is 32.2. The van der Waals surface area contributed by atoms with Crippen LogP contribution in [0.2, 0.25) is 0 Å². The van der Waals surface area contributed by atoms with Gasteiger partial charge in [-0.15, -0.1) is 0 Å². The molecular weight excluding hydrogens is 286 g/mol. The number of hydrogen-bond donors (Lipinski definition) is 1. The summed E-state index contributed by atoms with van der Waals surface area (Å²) in [5.74, 6) is 0.444. The van der Waals surface area contributed by atoms with Gasteiger partial charge in [-0.2, -0.15) is 5.10 Å². The zero-order valence-corrected chi connectivity index (χ0v) is 14.5. The van der Waals surface area contributed by atoms with Crippen LogP contribution in [0.15, 0.2) is 0 Å².